The molecule has 2 N–H and O–H groups in total. The van der Waals surface area contributed by atoms with Crippen LogP contribution < -0.4 is 10.6 Å². The number of alkyl halides is 3. The lowest BCUT2D eigenvalue weighted by Gasteiger charge is -2.21. The summed E-state index contributed by atoms with van der Waals surface area (Å²) in [4.78, 5) is 8.96. The molecule has 1 aliphatic carbocycles. The molecular weight excluding hydrogens is 409 g/mol. The van der Waals surface area contributed by atoms with Crippen molar-refractivity contribution < 1.29 is 13.2 Å². The molecule has 0 unspecified atom stereocenters. The molecule has 1 aromatic heterocycles. The van der Waals surface area contributed by atoms with Gasteiger partial charge in [0.1, 0.15) is 5.82 Å². The Labute approximate surface area is 158 Å². The van der Waals surface area contributed by atoms with Crippen LogP contribution in [0.25, 0.3) is 0 Å². The monoisotopic (exact) mass is 428 g/mol. The minimum atomic E-state index is -4.43. The van der Waals surface area contributed by atoms with Crippen LogP contribution in [0.4, 0.5) is 30.6 Å². The van der Waals surface area contributed by atoms with Crippen LogP contribution in [0.1, 0.15) is 50.8 Å². The number of nitrogens with zero attached hydrogens (tertiary/aromatic N) is 2. The summed E-state index contributed by atoms with van der Waals surface area (Å²) in [5.74, 6) is 1.34. The average molecular weight is 429 g/mol. The van der Waals surface area contributed by atoms with Crippen molar-refractivity contribution in [2.75, 3.05) is 10.6 Å². The minimum absolute atomic E-state index is 0.00648. The first-order chi connectivity index (χ1) is 12.0. The van der Waals surface area contributed by atoms with Gasteiger partial charge in [0, 0.05) is 27.7 Å². The topological polar surface area (TPSA) is 49.8 Å². The quantitative estimate of drug-likeness (QED) is 0.618. The molecule has 0 radical (unpaired) electrons. The van der Waals surface area contributed by atoms with Crippen LogP contribution in [-0.2, 0) is 6.18 Å². The second-order valence-corrected chi connectivity index (χ2v) is 8.32. The Morgan fingerprint density at radius 3 is 2.35 bits per heavy atom. The molecule has 0 aliphatic heterocycles. The lowest BCUT2D eigenvalue weighted by atomic mass is 10.1. The van der Waals surface area contributed by atoms with Gasteiger partial charge in [-0.1, -0.05) is 15.9 Å². The van der Waals surface area contributed by atoms with Crippen LogP contribution in [0, 0.1) is 0 Å². The number of nitrogens with one attached hydrogen (secondary N) is 2. The maximum Gasteiger partial charge on any atom is 0.417 e. The Kier molecular flexibility index (Phi) is 4.90. The Bertz CT molecular complexity index is 811. The van der Waals surface area contributed by atoms with Crippen LogP contribution in [0.3, 0.4) is 0 Å². The smallest absolute Gasteiger partial charge is 0.350 e. The zero-order valence-corrected chi connectivity index (χ0v) is 16.3. The van der Waals surface area contributed by atoms with Crippen molar-refractivity contribution in [2.45, 2.75) is 51.2 Å². The van der Waals surface area contributed by atoms with E-state index in [-0.39, 0.29) is 10.0 Å². The van der Waals surface area contributed by atoms with Gasteiger partial charge in [-0.2, -0.15) is 18.2 Å². The molecule has 26 heavy (non-hydrogen) atoms. The van der Waals surface area contributed by atoms with Crippen molar-refractivity contribution in [3.63, 3.8) is 0 Å². The van der Waals surface area contributed by atoms with Crippen molar-refractivity contribution >= 4 is 33.4 Å². The summed E-state index contributed by atoms with van der Waals surface area (Å²) < 4.78 is 39.3. The first-order valence-electron chi connectivity index (χ1n) is 8.32. The highest BCUT2D eigenvalue weighted by Gasteiger charge is 2.33. The van der Waals surface area contributed by atoms with Gasteiger partial charge in [0.25, 0.3) is 0 Å². The number of halogens is 4. The number of rotatable bonds is 4. The molecule has 1 saturated carbocycles. The molecule has 0 bridgehead atoms. The fourth-order valence-corrected chi connectivity index (χ4v) is 2.95. The number of benzene rings is 1. The molecule has 4 nitrogen and oxygen atoms in total. The van der Waals surface area contributed by atoms with Crippen LogP contribution in [0.15, 0.2) is 28.7 Å². The zero-order valence-electron chi connectivity index (χ0n) is 14.7. The predicted molar refractivity (Wildman–Crippen MR) is 99.8 cm³/mol. The largest absolute Gasteiger partial charge is 0.417 e. The summed E-state index contributed by atoms with van der Waals surface area (Å²) in [6.45, 7) is 5.99. The van der Waals surface area contributed by atoms with Crippen molar-refractivity contribution in [2.24, 2.45) is 0 Å². The molecule has 1 aliphatic rings. The van der Waals surface area contributed by atoms with E-state index in [1.54, 1.807) is 12.1 Å². The van der Waals surface area contributed by atoms with Crippen molar-refractivity contribution in [3.8, 4) is 0 Å². The summed E-state index contributed by atoms with van der Waals surface area (Å²) in [6, 6.07) is 5.83. The fourth-order valence-electron chi connectivity index (χ4n) is 2.48. The van der Waals surface area contributed by atoms with E-state index >= 15 is 0 Å². The third-order valence-electron chi connectivity index (χ3n) is 3.77. The summed E-state index contributed by atoms with van der Waals surface area (Å²) in [5, 5.41) is 6.21. The van der Waals surface area contributed by atoms with E-state index in [4.69, 9.17) is 0 Å². The first kappa shape index (κ1) is 18.9. The molecule has 1 aromatic carbocycles. The standard InChI is InChI=1S/C18H20BrF3N4/c1-17(2,3)26-16-24-14(10-4-5-10)9-15(25-16)23-11-6-7-13(19)12(8-11)18(20,21)22/h6-10H,4-5H2,1-3H3,(H2,23,24,25,26). The molecule has 0 amide bonds. The zero-order chi connectivity index (χ0) is 19.1. The van der Waals surface area contributed by atoms with E-state index in [0.29, 0.717) is 23.4 Å². The number of hydrogen-bond donors (Lipinski definition) is 2. The molecular formula is C18H20BrF3N4. The van der Waals surface area contributed by atoms with Gasteiger partial charge in [-0.05, 0) is 51.8 Å². The van der Waals surface area contributed by atoms with Gasteiger partial charge in [-0.3, -0.25) is 0 Å². The summed E-state index contributed by atoms with van der Waals surface area (Å²) >= 11 is 2.95. The van der Waals surface area contributed by atoms with E-state index in [9.17, 15) is 13.2 Å². The van der Waals surface area contributed by atoms with Crippen LogP contribution >= 0.6 is 15.9 Å². The van der Waals surface area contributed by atoms with Gasteiger partial charge < -0.3 is 10.6 Å². The molecule has 0 spiro atoms. The van der Waals surface area contributed by atoms with E-state index in [0.717, 1.165) is 24.6 Å². The van der Waals surface area contributed by atoms with Crippen LogP contribution in [-0.4, -0.2) is 15.5 Å². The molecule has 3 rings (SSSR count). The van der Waals surface area contributed by atoms with Crippen molar-refractivity contribution in [1.29, 1.82) is 0 Å². The lowest BCUT2D eigenvalue weighted by Crippen LogP contribution is -2.27. The fraction of sp³-hybridized carbons (Fsp3) is 0.444. The molecule has 1 heterocycles. The van der Waals surface area contributed by atoms with Crippen molar-refractivity contribution in [1.82, 2.24) is 9.97 Å². The third-order valence-corrected chi connectivity index (χ3v) is 4.46. The predicted octanol–water partition coefficient (Wildman–Crippen LogP) is 6.09. The normalized spacial score (nSPS) is 15.0. The number of aromatic nitrogens is 2. The van der Waals surface area contributed by atoms with E-state index in [1.807, 2.05) is 20.8 Å². The van der Waals surface area contributed by atoms with Crippen LogP contribution in [0.2, 0.25) is 0 Å². The Morgan fingerprint density at radius 1 is 1.08 bits per heavy atom. The van der Waals surface area contributed by atoms with Crippen LogP contribution in [0.5, 0.6) is 0 Å². The third kappa shape index (κ3) is 4.87. The van der Waals surface area contributed by atoms with Gasteiger partial charge in [-0.25, -0.2) is 4.98 Å². The van der Waals surface area contributed by atoms with Gasteiger partial charge in [0.05, 0.1) is 11.3 Å². The molecule has 8 heteroatoms. The molecule has 2 aromatic rings. The van der Waals surface area contributed by atoms with Crippen molar-refractivity contribution in [3.05, 3.63) is 40.0 Å². The first-order valence-corrected chi connectivity index (χ1v) is 9.11. The van der Waals surface area contributed by atoms with E-state index in [1.165, 1.54) is 6.07 Å². The lowest BCUT2D eigenvalue weighted by molar-refractivity contribution is -0.138. The minimum Gasteiger partial charge on any atom is -0.350 e. The second-order valence-electron chi connectivity index (χ2n) is 7.47. The molecule has 0 saturated heterocycles. The van der Waals surface area contributed by atoms with E-state index < -0.39 is 11.7 Å². The Morgan fingerprint density at radius 2 is 1.77 bits per heavy atom. The number of hydrogen-bond acceptors (Lipinski definition) is 4. The summed E-state index contributed by atoms with van der Waals surface area (Å²) in [7, 11) is 0. The maximum absolute atomic E-state index is 13.1. The average Bonchev–Trinajstić information content (AvgIpc) is 3.30. The summed E-state index contributed by atoms with van der Waals surface area (Å²) in [5.41, 5.74) is 0.276. The number of anilines is 3. The van der Waals surface area contributed by atoms with E-state index in [2.05, 4.69) is 36.5 Å². The van der Waals surface area contributed by atoms with Gasteiger partial charge in [0.15, 0.2) is 0 Å². The molecule has 1 fully saturated rings. The maximum atomic E-state index is 13.1. The van der Waals surface area contributed by atoms with Gasteiger partial charge in [0.2, 0.25) is 5.95 Å². The van der Waals surface area contributed by atoms with Gasteiger partial charge >= 0.3 is 6.18 Å². The highest BCUT2D eigenvalue weighted by molar-refractivity contribution is 9.10. The highest BCUT2D eigenvalue weighted by atomic mass is 79.9. The molecule has 140 valence electrons. The highest BCUT2D eigenvalue weighted by Crippen LogP contribution is 2.41. The second kappa shape index (κ2) is 6.72. The SMILES string of the molecule is CC(C)(C)Nc1nc(Nc2ccc(Br)c(C(F)(F)F)c2)cc(C2CC2)n1. The molecule has 0 atom stereocenters. The van der Waals surface area contributed by atoms with Gasteiger partial charge in [-0.15, -0.1) is 0 Å². The Balaban J connectivity index is 1.92. The summed E-state index contributed by atoms with van der Waals surface area (Å²) in [6.07, 6.45) is -2.29. The Hall–Kier alpha value is -1.83.